The van der Waals surface area contributed by atoms with Gasteiger partial charge in [0.25, 0.3) is 0 Å². The first-order chi connectivity index (χ1) is 7.88. The molecule has 0 aliphatic carbocycles. The van der Waals surface area contributed by atoms with Crippen molar-refractivity contribution in [3.63, 3.8) is 0 Å². The Balaban J connectivity index is 2.02. The highest BCUT2D eigenvalue weighted by Gasteiger charge is 2.13. The molecule has 3 rings (SSSR count). The van der Waals surface area contributed by atoms with E-state index in [-0.39, 0.29) is 0 Å². The molecule has 3 heterocycles. The number of fused-ring (bicyclic) bond motifs is 1. The fourth-order valence-electron chi connectivity index (χ4n) is 2.37. The van der Waals surface area contributed by atoms with Gasteiger partial charge in [0.1, 0.15) is 5.82 Å². The van der Waals surface area contributed by atoms with E-state index in [9.17, 15) is 0 Å². The predicted octanol–water partition coefficient (Wildman–Crippen LogP) is 1.39. The van der Waals surface area contributed by atoms with Crippen molar-refractivity contribution in [2.45, 2.75) is 19.4 Å². The minimum Gasteiger partial charge on any atom is -0.371 e. The first-order valence-corrected chi connectivity index (χ1v) is 5.79. The lowest BCUT2D eigenvalue weighted by Crippen LogP contribution is -2.17. The number of hydrogen-bond acceptors (Lipinski definition) is 3. The normalized spacial score (nSPS) is 16.2. The molecule has 0 spiro atoms. The average molecular weight is 216 g/mol. The molecule has 84 valence electrons. The first kappa shape index (κ1) is 9.66. The zero-order valence-electron chi connectivity index (χ0n) is 9.26. The van der Waals surface area contributed by atoms with E-state index in [0.29, 0.717) is 6.54 Å². The van der Waals surface area contributed by atoms with Crippen molar-refractivity contribution in [3.05, 3.63) is 30.4 Å². The van der Waals surface area contributed by atoms with Crippen molar-refractivity contribution in [2.24, 2.45) is 5.73 Å². The lowest BCUT2D eigenvalue weighted by Gasteiger charge is -2.17. The van der Waals surface area contributed by atoms with Crippen molar-refractivity contribution in [3.8, 4) is 0 Å². The van der Waals surface area contributed by atoms with Crippen LogP contribution in [0.4, 0.5) is 5.69 Å². The van der Waals surface area contributed by atoms with Gasteiger partial charge in [-0.15, -0.1) is 0 Å². The average Bonchev–Trinajstić information content (AvgIpc) is 2.97. The van der Waals surface area contributed by atoms with Crippen LogP contribution in [-0.4, -0.2) is 22.5 Å². The molecule has 16 heavy (non-hydrogen) atoms. The number of aromatic nitrogens is 2. The van der Waals surface area contributed by atoms with Crippen LogP contribution in [0.5, 0.6) is 0 Å². The van der Waals surface area contributed by atoms with Crippen LogP contribution in [0.1, 0.15) is 18.7 Å². The molecule has 2 aromatic heterocycles. The van der Waals surface area contributed by atoms with Crippen molar-refractivity contribution in [1.29, 1.82) is 0 Å². The third-order valence-corrected chi connectivity index (χ3v) is 3.25. The molecular formula is C12H16N4. The largest absolute Gasteiger partial charge is 0.371 e. The molecule has 0 radical (unpaired) electrons. The van der Waals surface area contributed by atoms with Crippen molar-refractivity contribution in [2.75, 3.05) is 18.0 Å². The Kier molecular flexibility index (Phi) is 2.29. The summed E-state index contributed by atoms with van der Waals surface area (Å²) in [4.78, 5) is 6.73. The number of pyridine rings is 1. The Labute approximate surface area is 94.7 Å². The minimum absolute atomic E-state index is 0.483. The summed E-state index contributed by atoms with van der Waals surface area (Å²) < 4.78 is 2.06. The summed E-state index contributed by atoms with van der Waals surface area (Å²) in [6.07, 6.45) is 6.57. The van der Waals surface area contributed by atoms with Gasteiger partial charge in [-0.2, -0.15) is 0 Å². The van der Waals surface area contributed by atoms with E-state index in [2.05, 4.69) is 32.6 Å². The minimum atomic E-state index is 0.483. The molecule has 0 amide bonds. The van der Waals surface area contributed by atoms with Gasteiger partial charge < -0.3 is 15.0 Å². The third kappa shape index (κ3) is 1.46. The number of anilines is 1. The third-order valence-electron chi connectivity index (χ3n) is 3.25. The maximum absolute atomic E-state index is 5.63. The van der Waals surface area contributed by atoms with E-state index in [1.54, 1.807) is 0 Å². The van der Waals surface area contributed by atoms with Crippen LogP contribution in [0, 0.1) is 0 Å². The highest BCUT2D eigenvalue weighted by Crippen LogP contribution is 2.22. The second kappa shape index (κ2) is 3.79. The van der Waals surface area contributed by atoms with Crippen LogP contribution in [0.25, 0.3) is 5.52 Å². The van der Waals surface area contributed by atoms with Gasteiger partial charge in [0, 0.05) is 25.0 Å². The molecule has 1 saturated heterocycles. The zero-order valence-corrected chi connectivity index (χ0v) is 9.26. The van der Waals surface area contributed by atoms with E-state index < -0.39 is 0 Å². The Morgan fingerprint density at radius 3 is 2.88 bits per heavy atom. The van der Waals surface area contributed by atoms with Gasteiger partial charge in [0.2, 0.25) is 0 Å². The molecule has 0 aromatic carbocycles. The van der Waals surface area contributed by atoms with Crippen LogP contribution in [-0.2, 0) is 6.54 Å². The molecule has 2 N–H and O–H groups in total. The molecule has 1 aliphatic heterocycles. The molecule has 0 atom stereocenters. The maximum Gasteiger partial charge on any atom is 0.127 e. The summed E-state index contributed by atoms with van der Waals surface area (Å²) in [7, 11) is 0. The van der Waals surface area contributed by atoms with Crippen LogP contribution in [0.2, 0.25) is 0 Å². The van der Waals surface area contributed by atoms with Gasteiger partial charge in [-0.05, 0) is 25.0 Å². The molecule has 4 nitrogen and oxygen atoms in total. The quantitative estimate of drug-likeness (QED) is 0.825. The summed E-state index contributed by atoms with van der Waals surface area (Å²) in [5, 5.41) is 0. The predicted molar refractivity (Wildman–Crippen MR) is 64.5 cm³/mol. The molecular weight excluding hydrogens is 200 g/mol. The van der Waals surface area contributed by atoms with Crippen LogP contribution in [0.15, 0.2) is 24.5 Å². The highest BCUT2D eigenvalue weighted by atomic mass is 15.1. The standard InChI is InChI=1S/C12H16N4/c13-8-12-14-9-11-7-10(3-6-16(11)12)15-4-1-2-5-15/h3,6-7,9H,1-2,4-5,8,13H2. The van der Waals surface area contributed by atoms with Crippen LogP contribution in [0.3, 0.4) is 0 Å². The zero-order chi connectivity index (χ0) is 11.0. The molecule has 2 aromatic rings. The number of nitrogens with zero attached hydrogens (tertiary/aromatic N) is 3. The topological polar surface area (TPSA) is 46.6 Å². The van der Waals surface area contributed by atoms with E-state index in [1.165, 1.54) is 31.6 Å². The molecule has 0 bridgehead atoms. The van der Waals surface area contributed by atoms with Gasteiger partial charge in [0.15, 0.2) is 0 Å². The van der Waals surface area contributed by atoms with Gasteiger partial charge >= 0.3 is 0 Å². The second-order valence-electron chi connectivity index (χ2n) is 4.25. The molecule has 0 saturated carbocycles. The van der Waals surface area contributed by atoms with Crippen LogP contribution >= 0.6 is 0 Å². The highest BCUT2D eigenvalue weighted by molar-refractivity contribution is 5.59. The van der Waals surface area contributed by atoms with Crippen molar-refractivity contribution >= 4 is 11.2 Å². The van der Waals surface area contributed by atoms with Gasteiger partial charge in [-0.1, -0.05) is 0 Å². The van der Waals surface area contributed by atoms with Crippen molar-refractivity contribution < 1.29 is 0 Å². The Morgan fingerprint density at radius 1 is 1.31 bits per heavy atom. The van der Waals surface area contributed by atoms with Crippen LogP contribution < -0.4 is 10.6 Å². The summed E-state index contributed by atoms with van der Waals surface area (Å²) in [5.41, 5.74) is 8.06. The SMILES string of the molecule is NCc1ncc2cc(N3CCCC3)ccn12. The lowest BCUT2D eigenvalue weighted by atomic mass is 10.3. The number of nitrogens with two attached hydrogens (primary N) is 1. The number of rotatable bonds is 2. The van der Waals surface area contributed by atoms with E-state index in [0.717, 1.165) is 11.3 Å². The number of hydrogen-bond donors (Lipinski definition) is 1. The fraction of sp³-hybridized carbons (Fsp3) is 0.417. The van der Waals surface area contributed by atoms with Gasteiger partial charge in [-0.3, -0.25) is 0 Å². The first-order valence-electron chi connectivity index (χ1n) is 5.79. The monoisotopic (exact) mass is 216 g/mol. The molecule has 4 heteroatoms. The fourth-order valence-corrected chi connectivity index (χ4v) is 2.37. The smallest absolute Gasteiger partial charge is 0.127 e. The molecule has 0 unspecified atom stereocenters. The Hall–Kier alpha value is -1.55. The van der Waals surface area contributed by atoms with E-state index >= 15 is 0 Å². The lowest BCUT2D eigenvalue weighted by molar-refractivity contribution is 0.899. The second-order valence-corrected chi connectivity index (χ2v) is 4.25. The van der Waals surface area contributed by atoms with E-state index in [4.69, 9.17) is 5.73 Å². The Bertz CT molecular complexity index is 497. The summed E-state index contributed by atoms with van der Waals surface area (Å²) in [5.74, 6) is 0.919. The summed E-state index contributed by atoms with van der Waals surface area (Å²) in [6.45, 7) is 2.83. The van der Waals surface area contributed by atoms with Crippen molar-refractivity contribution in [1.82, 2.24) is 9.38 Å². The molecule has 1 fully saturated rings. The summed E-state index contributed by atoms with van der Waals surface area (Å²) in [6, 6.07) is 4.34. The van der Waals surface area contributed by atoms with Gasteiger partial charge in [-0.25, -0.2) is 4.98 Å². The Morgan fingerprint density at radius 2 is 2.12 bits per heavy atom. The number of imidazole rings is 1. The van der Waals surface area contributed by atoms with Gasteiger partial charge in [0.05, 0.1) is 18.3 Å². The molecule has 1 aliphatic rings. The maximum atomic E-state index is 5.63. The summed E-state index contributed by atoms with van der Waals surface area (Å²) >= 11 is 0. The van der Waals surface area contributed by atoms with E-state index in [1.807, 2.05) is 6.20 Å².